The summed E-state index contributed by atoms with van der Waals surface area (Å²) in [5.41, 5.74) is 0. The third-order valence-corrected chi connectivity index (χ3v) is 2.89. The lowest BCUT2D eigenvalue weighted by molar-refractivity contribution is 0.495. The molecule has 2 atom stereocenters. The van der Waals surface area contributed by atoms with Gasteiger partial charge >= 0.3 is 0 Å². The van der Waals surface area contributed by atoms with Crippen LogP contribution in [-0.4, -0.2) is 23.6 Å². The maximum Gasteiger partial charge on any atom is 0.0132 e. The first-order chi connectivity index (χ1) is 4.29. The summed E-state index contributed by atoms with van der Waals surface area (Å²) < 4.78 is 0. The highest BCUT2D eigenvalue weighted by molar-refractivity contribution is 7.99. The Hall–Kier alpha value is 0.310. The SMILES string of the molecule is CC1CCSCC(C)N1. The normalized spacial score (nSPS) is 38.0. The van der Waals surface area contributed by atoms with E-state index in [0.717, 1.165) is 6.04 Å². The molecule has 1 rings (SSSR count). The second kappa shape index (κ2) is 3.47. The molecule has 0 aromatic rings. The van der Waals surface area contributed by atoms with Crippen LogP contribution in [0.2, 0.25) is 0 Å². The quantitative estimate of drug-likeness (QED) is 0.554. The molecule has 0 aromatic carbocycles. The second-order valence-electron chi connectivity index (χ2n) is 2.83. The van der Waals surface area contributed by atoms with E-state index in [1.807, 2.05) is 0 Å². The minimum Gasteiger partial charge on any atom is -0.311 e. The van der Waals surface area contributed by atoms with Crippen LogP contribution in [0.4, 0.5) is 0 Å². The van der Waals surface area contributed by atoms with E-state index in [1.165, 1.54) is 17.9 Å². The fraction of sp³-hybridized carbons (Fsp3) is 1.00. The Morgan fingerprint density at radius 3 is 2.89 bits per heavy atom. The van der Waals surface area contributed by atoms with Crippen LogP contribution in [-0.2, 0) is 0 Å². The number of nitrogens with one attached hydrogen (secondary N) is 1. The van der Waals surface area contributed by atoms with Crippen molar-refractivity contribution in [2.45, 2.75) is 32.4 Å². The van der Waals surface area contributed by atoms with Gasteiger partial charge in [0.05, 0.1) is 0 Å². The Kier molecular flexibility index (Phi) is 2.86. The van der Waals surface area contributed by atoms with E-state index < -0.39 is 0 Å². The summed E-state index contributed by atoms with van der Waals surface area (Å²) in [6.45, 7) is 4.53. The molecule has 1 N–H and O–H groups in total. The first-order valence-corrected chi connectivity index (χ1v) is 4.78. The van der Waals surface area contributed by atoms with Gasteiger partial charge in [0.25, 0.3) is 0 Å². The smallest absolute Gasteiger partial charge is 0.0132 e. The van der Waals surface area contributed by atoms with Gasteiger partial charge in [0.2, 0.25) is 0 Å². The van der Waals surface area contributed by atoms with Crippen molar-refractivity contribution in [3.05, 3.63) is 0 Å². The maximum atomic E-state index is 3.52. The number of thioether (sulfide) groups is 1. The molecule has 1 aliphatic heterocycles. The van der Waals surface area contributed by atoms with Crippen LogP contribution in [0, 0.1) is 0 Å². The molecule has 0 radical (unpaired) electrons. The predicted molar refractivity (Wildman–Crippen MR) is 44.0 cm³/mol. The highest BCUT2D eigenvalue weighted by Crippen LogP contribution is 2.11. The van der Waals surface area contributed by atoms with Crippen molar-refractivity contribution >= 4 is 11.8 Å². The maximum absolute atomic E-state index is 3.52. The monoisotopic (exact) mass is 145 g/mol. The molecule has 0 amide bonds. The van der Waals surface area contributed by atoms with Crippen molar-refractivity contribution in [1.82, 2.24) is 5.32 Å². The Morgan fingerprint density at radius 1 is 1.33 bits per heavy atom. The molecule has 1 aliphatic rings. The molecule has 1 fully saturated rings. The molecule has 1 saturated heterocycles. The van der Waals surface area contributed by atoms with Gasteiger partial charge in [0.1, 0.15) is 0 Å². The van der Waals surface area contributed by atoms with E-state index in [-0.39, 0.29) is 0 Å². The van der Waals surface area contributed by atoms with Gasteiger partial charge in [0, 0.05) is 17.8 Å². The van der Waals surface area contributed by atoms with Crippen LogP contribution in [0.5, 0.6) is 0 Å². The highest BCUT2D eigenvalue weighted by atomic mass is 32.2. The van der Waals surface area contributed by atoms with Crippen LogP contribution < -0.4 is 5.32 Å². The van der Waals surface area contributed by atoms with E-state index in [1.54, 1.807) is 0 Å². The molecule has 0 spiro atoms. The van der Waals surface area contributed by atoms with E-state index in [4.69, 9.17) is 0 Å². The Morgan fingerprint density at radius 2 is 2.11 bits per heavy atom. The summed E-state index contributed by atoms with van der Waals surface area (Å²) >= 11 is 2.07. The minimum absolute atomic E-state index is 0.715. The van der Waals surface area contributed by atoms with Gasteiger partial charge in [-0.3, -0.25) is 0 Å². The third-order valence-electron chi connectivity index (χ3n) is 1.63. The van der Waals surface area contributed by atoms with Crippen LogP contribution in [0.25, 0.3) is 0 Å². The zero-order valence-corrected chi connectivity index (χ0v) is 7.00. The van der Waals surface area contributed by atoms with E-state index in [9.17, 15) is 0 Å². The molecule has 0 saturated carbocycles. The van der Waals surface area contributed by atoms with Gasteiger partial charge in [-0.05, 0) is 26.0 Å². The average Bonchev–Trinajstić information content (AvgIpc) is 1.93. The summed E-state index contributed by atoms with van der Waals surface area (Å²) in [5, 5.41) is 3.52. The van der Waals surface area contributed by atoms with Crippen LogP contribution in [0.3, 0.4) is 0 Å². The topological polar surface area (TPSA) is 12.0 Å². The fourth-order valence-corrected chi connectivity index (χ4v) is 2.27. The van der Waals surface area contributed by atoms with Gasteiger partial charge in [-0.2, -0.15) is 11.8 Å². The van der Waals surface area contributed by atoms with Crippen LogP contribution in [0.1, 0.15) is 20.3 Å². The van der Waals surface area contributed by atoms with Gasteiger partial charge < -0.3 is 5.32 Å². The average molecular weight is 145 g/mol. The highest BCUT2D eigenvalue weighted by Gasteiger charge is 2.10. The molecular formula is C7H15NS. The van der Waals surface area contributed by atoms with Crippen molar-refractivity contribution in [3.63, 3.8) is 0 Å². The molecule has 0 bridgehead atoms. The lowest BCUT2D eigenvalue weighted by Gasteiger charge is -2.13. The molecule has 54 valence electrons. The molecule has 0 aliphatic carbocycles. The van der Waals surface area contributed by atoms with Gasteiger partial charge in [0.15, 0.2) is 0 Å². The van der Waals surface area contributed by atoms with Gasteiger partial charge in [-0.25, -0.2) is 0 Å². The molecule has 9 heavy (non-hydrogen) atoms. The number of hydrogen-bond acceptors (Lipinski definition) is 2. The molecule has 1 heterocycles. The summed E-state index contributed by atoms with van der Waals surface area (Å²) in [6, 6.07) is 1.45. The van der Waals surface area contributed by atoms with E-state index in [2.05, 4.69) is 30.9 Å². The first-order valence-electron chi connectivity index (χ1n) is 3.63. The van der Waals surface area contributed by atoms with Crippen LogP contribution in [0.15, 0.2) is 0 Å². The Balaban J connectivity index is 2.29. The lowest BCUT2D eigenvalue weighted by Crippen LogP contribution is -2.33. The third kappa shape index (κ3) is 2.59. The van der Waals surface area contributed by atoms with E-state index >= 15 is 0 Å². The van der Waals surface area contributed by atoms with Gasteiger partial charge in [-0.1, -0.05) is 0 Å². The summed E-state index contributed by atoms with van der Waals surface area (Å²) in [4.78, 5) is 0. The fourth-order valence-electron chi connectivity index (χ4n) is 1.14. The standard InChI is InChI=1S/C7H15NS/c1-6-3-4-9-5-7(2)8-6/h6-8H,3-5H2,1-2H3. The zero-order valence-electron chi connectivity index (χ0n) is 6.18. The Bertz CT molecular complexity index is 75.0. The molecule has 2 unspecified atom stereocenters. The molecule has 2 heteroatoms. The van der Waals surface area contributed by atoms with Crippen molar-refractivity contribution in [2.24, 2.45) is 0 Å². The number of hydrogen-bond donors (Lipinski definition) is 1. The van der Waals surface area contributed by atoms with Crippen molar-refractivity contribution < 1.29 is 0 Å². The van der Waals surface area contributed by atoms with Crippen LogP contribution >= 0.6 is 11.8 Å². The summed E-state index contributed by atoms with van der Waals surface area (Å²) in [7, 11) is 0. The molecule has 0 aromatic heterocycles. The minimum atomic E-state index is 0.715. The summed E-state index contributed by atoms with van der Waals surface area (Å²) in [6.07, 6.45) is 1.33. The second-order valence-corrected chi connectivity index (χ2v) is 3.98. The van der Waals surface area contributed by atoms with Crippen molar-refractivity contribution in [1.29, 1.82) is 0 Å². The van der Waals surface area contributed by atoms with Gasteiger partial charge in [-0.15, -0.1) is 0 Å². The van der Waals surface area contributed by atoms with Crippen molar-refractivity contribution in [3.8, 4) is 0 Å². The Labute approximate surface area is 61.6 Å². The van der Waals surface area contributed by atoms with E-state index in [0.29, 0.717) is 6.04 Å². The number of rotatable bonds is 0. The van der Waals surface area contributed by atoms with Crippen molar-refractivity contribution in [2.75, 3.05) is 11.5 Å². The summed E-state index contributed by atoms with van der Waals surface area (Å²) in [5.74, 6) is 2.61. The lowest BCUT2D eigenvalue weighted by atomic mass is 10.2. The molecular weight excluding hydrogens is 130 g/mol. The largest absolute Gasteiger partial charge is 0.311 e. The molecule has 1 nitrogen and oxygen atoms in total. The predicted octanol–water partition coefficient (Wildman–Crippen LogP) is 1.49. The first kappa shape index (κ1) is 7.42. The zero-order chi connectivity index (χ0) is 6.69.